The fourth-order valence-corrected chi connectivity index (χ4v) is 2.60. The molecule has 1 aromatic carbocycles. The maximum Gasteiger partial charge on any atom is 0.216 e. The van der Waals surface area contributed by atoms with Crippen LogP contribution in [-0.4, -0.2) is 21.1 Å². The van der Waals surface area contributed by atoms with Crippen LogP contribution in [0.5, 0.6) is 5.75 Å². The predicted octanol–water partition coefficient (Wildman–Crippen LogP) is 4.86. The number of aryl methyl sites for hydroxylation is 1. The molecule has 0 aliphatic rings. The molecule has 0 spiro atoms. The zero-order valence-corrected chi connectivity index (χ0v) is 15.5. The maximum absolute atomic E-state index is 6.06. The lowest BCUT2D eigenvalue weighted by Crippen LogP contribution is -1.97. The molecule has 25 heavy (non-hydrogen) atoms. The summed E-state index contributed by atoms with van der Waals surface area (Å²) in [5.74, 6) is 2.44. The molecule has 0 radical (unpaired) electrons. The topological polar surface area (TPSA) is 68.3 Å². The highest BCUT2D eigenvalue weighted by molar-refractivity contribution is 7.71. The molecule has 0 aliphatic carbocycles. The summed E-state index contributed by atoms with van der Waals surface area (Å²) in [6.07, 6.45) is 2.28. The second-order valence-corrected chi connectivity index (χ2v) is 6.25. The summed E-state index contributed by atoms with van der Waals surface area (Å²) in [6.45, 7) is 2.19. The lowest BCUT2D eigenvalue weighted by Gasteiger charge is -2.06. The van der Waals surface area contributed by atoms with Gasteiger partial charge in [0.25, 0.3) is 0 Å². The van der Waals surface area contributed by atoms with E-state index in [1.807, 2.05) is 6.92 Å². The quantitative estimate of drug-likeness (QED) is 0.476. The van der Waals surface area contributed by atoms with E-state index in [4.69, 9.17) is 44.6 Å². The summed E-state index contributed by atoms with van der Waals surface area (Å²) in [5.41, 5.74) is 0. The number of furan rings is 1. The monoisotopic (exact) mass is 396 g/mol. The smallest absolute Gasteiger partial charge is 0.216 e. The minimum Gasteiger partial charge on any atom is -0.484 e. The van der Waals surface area contributed by atoms with Gasteiger partial charge < -0.3 is 9.15 Å². The molecule has 9 heteroatoms. The Labute approximate surface area is 159 Å². The number of aromatic nitrogens is 3. The van der Waals surface area contributed by atoms with Crippen LogP contribution < -0.4 is 4.74 Å². The standard InChI is InChI=1S/C16H14Cl2N4O2S/c1-2-15-20-21-16(25)22(15)19-8-11-4-5-12(24-11)9-23-14-7-10(17)3-6-13(14)18/h3-8H,2,9H2,1H3,(H,21,25)/b19-8+. The van der Waals surface area contributed by atoms with Crippen LogP contribution >= 0.6 is 35.4 Å². The van der Waals surface area contributed by atoms with Crippen molar-refractivity contribution in [3.05, 3.63) is 62.5 Å². The Morgan fingerprint density at radius 1 is 1.36 bits per heavy atom. The second kappa shape index (κ2) is 7.86. The van der Waals surface area contributed by atoms with Crippen LogP contribution in [0.2, 0.25) is 10.0 Å². The van der Waals surface area contributed by atoms with Crippen LogP contribution in [0.25, 0.3) is 0 Å². The van der Waals surface area contributed by atoms with Gasteiger partial charge in [-0.15, -0.1) is 0 Å². The van der Waals surface area contributed by atoms with Crippen LogP contribution in [0, 0.1) is 4.77 Å². The fourth-order valence-electron chi connectivity index (χ4n) is 2.06. The van der Waals surface area contributed by atoms with Crippen molar-refractivity contribution in [1.29, 1.82) is 0 Å². The average molecular weight is 397 g/mol. The van der Waals surface area contributed by atoms with Crippen LogP contribution in [0.15, 0.2) is 39.9 Å². The molecule has 1 N–H and O–H groups in total. The van der Waals surface area contributed by atoms with E-state index in [0.29, 0.717) is 38.5 Å². The van der Waals surface area contributed by atoms with Crippen molar-refractivity contribution in [1.82, 2.24) is 14.9 Å². The molecule has 2 heterocycles. The normalized spacial score (nSPS) is 11.3. The Kier molecular flexibility index (Phi) is 5.57. The zero-order chi connectivity index (χ0) is 17.8. The number of halogens is 2. The lowest BCUT2D eigenvalue weighted by atomic mass is 10.3. The van der Waals surface area contributed by atoms with Gasteiger partial charge in [-0.05, 0) is 36.5 Å². The molecule has 0 fully saturated rings. The first-order chi connectivity index (χ1) is 12.1. The van der Waals surface area contributed by atoms with E-state index in [1.54, 1.807) is 41.2 Å². The minimum absolute atomic E-state index is 0.221. The molecule has 6 nitrogen and oxygen atoms in total. The first kappa shape index (κ1) is 17.7. The third-order valence-corrected chi connectivity index (χ3v) is 4.09. The summed E-state index contributed by atoms with van der Waals surface area (Å²) in [6, 6.07) is 8.62. The van der Waals surface area contributed by atoms with Crippen molar-refractivity contribution in [2.45, 2.75) is 20.0 Å². The minimum atomic E-state index is 0.221. The molecule has 2 aromatic heterocycles. The van der Waals surface area contributed by atoms with Crippen molar-refractivity contribution in [3.8, 4) is 5.75 Å². The van der Waals surface area contributed by atoms with Crippen molar-refractivity contribution in [3.63, 3.8) is 0 Å². The maximum atomic E-state index is 6.06. The Balaban J connectivity index is 1.68. The first-order valence-corrected chi connectivity index (χ1v) is 8.60. The molecular weight excluding hydrogens is 383 g/mol. The van der Waals surface area contributed by atoms with Crippen LogP contribution in [0.3, 0.4) is 0 Å². The first-order valence-electron chi connectivity index (χ1n) is 7.44. The van der Waals surface area contributed by atoms with Gasteiger partial charge in [-0.1, -0.05) is 30.1 Å². The molecular formula is C16H14Cl2N4O2S. The van der Waals surface area contributed by atoms with Crippen LogP contribution in [0.1, 0.15) is 24.3 Å². The number of rotatable bonds is 6. The Morgan fingerprint density at radius 3 is 3.00 bits per heavy atom. The lowest BCUT2D eigenvalue weighted by molar-refractivity contribution is 0.270. The highest BCUT2D eigenvalue weighted by Gasteiger charge is 2.06. The van der Waals surface area contributed by atoms with E-state index in [-0.39, 0.29) is 6.61 Å². The van der Waals surface area contributed by atoms with E-state index >= 15 is 0 Å². The zero-order valence-electron chi connectivity index (χ0n) is 13.2. The number of hydrogen-bond donors (Lipinski definition) is 1. The van der Waals surface area contributed by atoms with Gasteiger partial charge in [0.2, 0.25) is 4.77 Å². The third-order valence-electron chi connectivity index (χ3n) is 3.28. The summed E-state index contributed by atoms with van der Waals surface area (Å²) >= 11 is 17.1. The number of aromatic amines is 1. The number of nitrogens with one attached hydrogen (secondary N) is 1. The molecule has 3 rings (SSSR count). The van der Waals surface area contributed by atoms with Gasteiger partial charge in [0, 0.05) is 17.5 Å². The number of benzene rings is 1. The van der Waals surface area contributed by atoms with E-state index < -0.39 is 0 Å². The van der Waals surface area contributed by atoms with Gasteiger partial charge in [-0.25, -0.2) is 0 Å². The third kappa shape index (κ3) is 4.31. The Hall–Kier alpha value is -2.09. The second-order valence-electron chi connectivity index (χ2n) is 5.02. The summed E-state index contributed by atoms with van der Waals surface area (Å²) < 4.78 is 13.3. The van der Waals surface area contributed by atoms with Gasteiger partial charge >= 0.3 is 0 Å². The van der Waals surface area contributed by atoms with Gasteiger partial charge in [-0.2, -0.15) is 14.9 Å². The summed E-state index contributed by atoms with van der Waals surface area (Å²) in [4.78, 5) is 0. The van der Waals surface area contributed by atoms with Crippen LogP contribution in [0.4, 0.5) is 0 Å². The van der Waals surface area contributed by atoms with Gasteiger partial charge in [0.05, 0.1) is 11.2 Å². The Bertz CT molecular complexity index is 961. The highest BCUT2D eigenvalue weighted by atomic mass is 35.5. The molecule has 0 aliphatic heterocycles. The molecule has 0 atom stereocenters. The summed E-state index contributed by atoms with van der Waals surface area (Å²) in [5, 5.41) is 12.1. The van der Waals surface area contributed by atoms with Crippen molar-refractivity contribution < 1.29 is 9.15 Å². The van der Waals surface area contributed by atoms with E-state index in [0.717, 1.165) is 5.82 Å². The molecule has 0 amide bonds. The van der Waals surface area contributed by atoms with Crippen molar-refractivity contribution in [2.24, 2.45) is 5.10 Å². The number of H-pyrrole nitrogens is 1. The van der Waals surface area contributed by atoms with Crippen LogP contribution in [-0.2, 0) is 13.0 Å². The van der Waals surface area contributed by atoms with Gasteiger partial charge in [-0.3, -0.25) is 5.10 Å². The number of nitrogens with zero attached hydrogens (tertiary/aromatic N) is 3. The fraction of sp³-hybridized carbons (Fsp3) is 0.188. The van der Waals surface area contributed by atoms with Crippen molar-refractivity contribution >= 4 is 41.6 Å². The van der Waals surface area contributed by atoms with Gasteiger partial charge in [0.15, 0.2) is 5.82 Å². The van der Waals surface area contributed by atoms with E-state index in [9.17, 15) is 0 Å². The molecule has 0 bridgehead atoms. The Morgan fingerprint density at radius 2 is 2.20 bits per heavy atom. The molecule has 3 aromatic rings. The highest BCUT2D eigenvalue weighted by Crippen LogP contribution is 2.28. The molecule has 0 unspecified atom stereocenters. The molecule has 0 saturated heterocycles. The van der Waals surface area contributed by atoms with E-state index in [2.05, 4.69) is 15.3 Å². The SMILES string of the molecule is CCc1n[nH]c(=S)n1/N=C/c1ccc(COc2cc(Cl)ccc2Cl)o1. The average Bonchev–Trinajstić information content (AvgIpc) is 3.20. The van der Waals surface area contributed by atoms with E-state index in [1.165, 1.54) is 0 Å². The number of ether oxygens (including phenoxy) is 1. The number of hydrogen-bond acceptors (Lipinski definition) is 5. The largest absolute Gasteiger partial charge is 0.484 e. The molecule has 130 valence electrons. The van der Waals surface area contributed by atoms with Crippen molar-refractivity contribution in [2.75, 3.05) is 0 Å². The van der Waals surface area contributed by atoms with Gasteiger partial charge in [0.1, 0.15) is 23.9 Å². The summed E-state index contributed by atoms with van der Waals surface area (Å²) in [7, 11) is 0. The predicted molar refractivity (Wildman–Crippen MR) is 99.3 cm³/mol. The molecule has 0 saturated carbocycles.